The average molecular weight is 276 g/mol. The number of rotatable bonds is 6. The smallest absolute Gasteiger partial charge is 0.267 e. The molecule has 1 heterocycles. The van der Waals surface area contributed by atoms with Crippen molar-refractivity contribution in [2.45, 2.75) is 18.9 Å². The molecule has 2 rings (SSSR count). The number of aromatic amines is 1. The van der Waals surface area contributed by atoms with Crippen molar-refractivity contribution in [3.8, 4) is 0 Å². The summed E-state index contributed by atoms with van der Waals surface area (Å²) in [7, 11) is 1.58. The van der Waals surface area contributed by atoms with Gasteiger partial charge in [-0.05, 0) is 19.1 Å². The molecule has 1 amide bonds. The van der Waals surface area contributed by atoms with Crippen LogP contribution in [0.15, 0.2) is 30.3 Å². The van der Waals surface area contributed by atoms with Gasteiger partial charge in [-0.15, -0.1) is 0 Å². The Morgan fingerprint density at radius 2 is 2.20 bits per heavy atom. The van der Waals surface area contributed by atoms with Crippen molar-refractivity contribution in [2.75, 3.05) is 20.3 Å². The van der Waals surface area contributed by atoms with E-state index < -0.39 is 5.60 Å². The highest BCUT2D eigenvalue weighted by molar-refractivity contribution is 5.97. The minimum atomic E-state index is -0.975. The minimum Gasteiger partial charge on any atom is -0.388 e. The van der Waals surface area contributed by atoms with Crippen LogP contribution in [0.2, 0.25) is 0 Å². The molecule has 3 N–H and O–H groups in total. The molecule has 5 heteroatoms. The van der Waals surface area contributed by atoms with Gasteiger partial charge in [-0.25, -0.2) is 0 Å². The Labute approximate surface area is 117 Å². The van der Waals surface area contributed by atoms with E-state index in [1.54, 1.807) is 20.1 Å². The topological polar surface area (TPSA) is 74.3 Å². The standard InChI is InChI=1S/C15H20N2O3/c1-15(19,7-8-20-2)10-16-14(18)13-9-11-5-3-4-6-12(11)17-13/h3-6,9,17,19H,7-8,10H2,1-2H3,(H,16,18). The Morgan fingerprint density at radius 1 is 1.45 bits per heavy atom. The van der Waals surface area contributed by atoms with E-state index in [1.807, 2.05) is 24.3 Å². The normalized spacial score (nSPS) is 14.2. The van der Waals surface area contributed by atoms with Crippen LogP contribution >= 0.6 is 0 Å². The number of hydrogen-bond donors (Lipinski definition) is 3. The molecule has 0 bridgehead atoms. The minimum absolute atomic E-state index is 0.185. The Hall–Kier alpha value is -1.85. The maximum Gasteiger partial charge on any atom is 0.267 e. The van der Waals surface area contributed by atoms with Crippen molar-refractivity contribution in [1.82, 2.24) is 10.3 Å². The Bertz CT molecular complexity index is 557. The maximum atomic E-state index is 12.1. The fourth-order valence-corrected chi connectivity index (χ4v) is 1.97. The number of ether oxygens (including phenoxy) is 1. The molecule has 0 aliphatic carbocycles. The molecule has 2 aromatic rings. The second-order valence-corrected chi connectivity index (χ2v) is 5.19. The first kappa shape index (κ1) is 14.6. The molecule has 108 valence electrons. The monoisotopic (exact) mass is 276 g/mol. The Morgan fingerprint density at radius 3 is 2.90 bits per heavy atom. The summed E-state index contributed by atoms with van der Waals surface area (Å²) in [5.41, 5.74) is 0.440. The molecule has 5 nitrogen and oxygen atoms in total. The summed E-state index contributed by atoms with van der Waals surface area (Å²) < 4.78 is 4.93. The van der Waals surface area contributed by atoms with E-state index in [2.05, 4.69) is 10.3 Å². The number of benzene rings is 1. The second kappa shape index (κ2) is 6.07. The van der Waals surface area contributed by atoms with Crippen molar-refractivity contribution < 1.29 is 14.6 Å². The highest BCUT2D eigenvalue weighted by Gasteiger charge is 2.21. The highest BCUT2D eigenvalue weighted by atomic mass is 16.5. The van der Waals surface area contributed by atoms with Crippen LogP contribution in [-0.2, 0) is 4.74 Å². The zero-order valence-electron chi connectivity index (χ0n) is 11.8. The average Bonchev–Trinajstić information content (AvgIpc) is 2.86. The molecular formula is C15H20N2O3. The zero-order chi connectivity index (χ0) is 14.6. The molecular weight excluding hydrogens is 256 g/mol. The number of aliphatic hydroxyl groups is 1. The van der Waals surface area contributed by atoms with Crippen LogP contribution in [0.1, 0.15) is 23.8 Å². The van der Waals surface area contributed by atoms with E-state index in [1.165, 1.54) is 0 Å². The zero-order valence-corrected chi connectivity index (χ0v) is 11.8. The lowest BCUT2D eigenvalue weighted by molar-refractivity contribution is 0.0243. The van der Waals surface area contributed by atoms with Gasteiger partial charge in [0.05, 0.1) is 5.60 Å². The molecule has 0 saturated heterocycles. The summed E-state index contributed by atoms with van der Waals surface area (Å²) in [6, 6.07) is 9.50. The number of fused-ring (bicyclic) bond motifs is 1. The number of hydrogen-bond acceptors (Lipinski definition) is 3. The molecule has 1 aromatic heterocycles. The summed E-state index contributed by atoms with van der Waals surface area (Å²) in [4.78, 5) is 15.1. The second-order valence-electron chi connectivity index (χ2n) is 5.19. The van der Waals surface area contributed by atoms with Crippen LogP contribution in [0.3, 0.4) is 0 Å². The lowest BCUT2D eigenvalue weighted by Crippen LogP contribution is -2.41. The fourth-order valence-electron chi connectivity index (χ4n) is 1.97. The Balaban J connectivity index is 1.98. The lowest BCUT2D eigenvalue weighted by Gasteiger charge is -2.23. The lowest BCUT2D eigenvalue weighted by atomic mass is 10.0. The Kier molecular flexibility index (Phi) is 4.42. The van der Waals surface area contributed by atoms with E-state index in [9.17, 15) is 9.90 Å². The molecule has 0 aliphatic heterocycles. The molecule has 20 heavy (non-hydrogen) atoms. The van der Waals surface area contributed by atoms with Gasteiger partial charge in [-0.3, -0.25) is 4.79 Å². The van der Waals surface area contributed by atoms with Crippen LogP contribution in [0.5, 0.6) is 0 Å². The van der Waals surface area contributed by atoms with Crippen molar-refractivity contribution in [3.63, 3.8) is 0 Å². The molecule has 1 aromatic carbocycles. The number of carbonyl (C=O) groups is 1. The van der Waals surface area contributed by atoms with Gasteiger partial charge in [0.2, 0.25) is 0 Å². The molecule has 0 saturated carbocycles. The third-order valence-electron chi connectivity index (χ3n) is 3.25. The van der Waals surface area contributed by atoms with Crippen molar-refractivity contribution in [2.24, 2.45) is 0 Å². The van der Waals surface area contributed by atoms with Crippen LogP contribution in [0, 0.1) is 0 Å². The van der Waals surface area contributed by atoms with Crippen molar-refractivity contribution in [1.29, 1.82) is 0 Å². The van der Waals surface area contributed by atoms with Gasteiger partial charge >= 0.3 is 0 Å². The van der Waals surface area contributed by atoms with Gasteiger partial charge in [0, 0.05) is 37.6 Å². The molecule has 0 fully saturated rings. The van der Waals surface area contributed by atoms with Gasteiger partial charge in [0.15, 0.2) is 0 Å². The number of methoxy groups -OCH3 is 1. The number of amides is 1. The summed E-state index contributed by atoms with van der Waals surface area (Å²) in [5, 5.41) is 13.8. The van der Waals surface area contributed by atoms with Crippen LogP contribution in [-0.4, -0.2) is 41.9 Å². The van der Waals surface area contributed by atoms with Gasteiger partial charge in [0.25, 0.3) is 5.91 Å². The van der Waals surface area contributed by atoms with Crippen molar-refractivity contribution in [3.05, 3.63) is 36.0 Å². The number of carbonyl (C=O) groups excluding carboxylic acids is 1. The maximum absolute atomic E-state index is 12.1. The SMILES string of the molecule is COCCC(C)(O)CNC(=O)c1cc2ccccc2[nH]1. The molecule has 0 spiro atoms. The summed E-state index contributed by atoms with van der Waals surface area (Å²) in [6.45, 7) is 2.32. The largest absolute Gasteiger partial charge is 0.388 e. The number of para-hydroxylation sites is 1. The van der Waals surface area contributed by atoms with Gasteiger partial charge < -0.3 is 20.1 Å². The third kappa shape index (κ3) is 3.59. The van der Waals surface area contributed by atoms with E-state index in [0.717, 1.165) is 10.9 Å². The highest BCUT2D eigenvalue weighted by Crippen LogP contribution is 2.15. The summed E-state index contributed by atoms with van der Waals surface area (Å²) in [5.74, 6) is -0.223. The van der Waals surface area contributed by atoms with E-state index >= 15 is 0 Å². The number of nitrogens with one attached hydrogen (secondary N) is 2. The molecule has 0 radical (unpaired) electrons. The van der Waals surface area contributed by atoms with Gasteiger partial charge in [-0.2, -0.15) is 0 Å². The van der Waals surface area contributed by atoms with Gasteiger partial charge in [0.1, 0.15) is 5.69 Å². The molecule has 0 aliphatic rings. The summed E-state index contributed by atoms with van der Waals surface area (Å²) in [6.07, 6.45) is 0.469. The van der Waals surface area contributed by atoms with Crippen molar-refractivity contribution >= 4 is 16.8 Å². The van der Waals surface area contributed by atoms with E-state index in [4.69, 9.17) is 4.74 Å². The predicted octanol–water partition coefficient (Wildman–Crippen LogP) is 1.69. The van der Waals surface area contributed by atoms with Crippen LogP contribution in [0.4, 0.5) is 0 Å². The number of H-pyrrole nitrogens is 1. The van der Waals surface area contributed by atoms with Crippen LogP contribution in [0.25, 0.3) is 10.9 Å². The van der Waals surface area contributed by atoms with E-state index in [0.29, 0.717) is 18.7 Å². The predicted molar refractivity (Wildman–Crippen MR) is 77.7 cm³/mol. The first-order valence-electron chi connectivity index (χ1n) is 6.59. The number of aromatic nitrogens is 1. The van der Waals surface area contributed by atoms with E-state index in [-0.39, 0.29) is 12.5 Å². The fraction of sp³-hybridized carbons (Fsp3) is 0.400. The molecule has 1 atom stereocenters. The van der Waals surface area contributed by atoms with Gasteiger partial charge in [-0.1, -0.05) is 18.2 Å². The molecule has 1 unspecified atom stereocenters. The van der Waals surface area contributed by atoms with Crippen LogP contribution < -0.4 is 5.32 Å². The first-order chi connectivity index (χ1) is 9.52. The first-order valence-corrected chi connectivity index (χ1v) is 6.59. The summed E-state index contributed by atoms with van der Waals surface area (Å²) >= 11 is 0. The quantitative estimate of drug-likeness (QED) is 0.751. The third-order valence-corrected chi connectivity index (χ3v) is 3.25.